The number of benzene rings is 1. The average molecular weight is 182 g/mol. The minimum atomic E-state index is 0.554. The minimum Gasteiger partial charge on any atom is -0.492 e. The second-order valence-electron chi connectivity index (χ2n) is 3.17. The molecule has 0 aliphatic carbocycles. The molecule has 0 atom stereocenters. The molecule has 1 nitrogen and oxygen atoms in total. The summed E-state index contributed by atoms with van der Waals surface area (Å²) in [4.78, 5) is 0.901. The summed E-state index contributed by atoms with van der Waals surface area (Å²) >= 11 is 4.28. The van der Waals surface area contributed by atoms with Crippen molar-refractivity contribution in [2.45, 2.75) is 18.7 Å². The van der Waals surface area contributed by atoms with Gasteiger partial charge in [-0.05, 0) is 18.1 Å². The Morgan fingerprint density at radius 3 is 2.58 bits per heavy atom. The number of para-hydroxylation sites is 1. The van der Waals surface area contributed by atoms with Gasteiger partial charge in [0, 0.05) is 4.90 Å². The van der Waals surface area contributed by atoms with Crippen molar-refractivity contribution in [2.24, 2.45) is 5.92 Å². The fourth-order valence-corrected chi connectivity index (χ4v) is 1.06. The Morgan fingerprint density at radius 2 is 2.00 bits per heavy atom. The third-order valence-corrected chi connectivity index (χ3v) is 1.81. The van der Waals surface area contributed by atoms with Crippen LogP contribution < -0.4 is 4.74 Å². The van der Waals surface area contributed by atoms with Crippen molar-refractivity contribution in [3.8, 4) is 5.75 Å². The van der Waals surface area contributed by atoms with E-state index in [4.69, 9.17) is 4.74 Å². The summed E-state index contributed by atoms with van der Waals surface area (Å²) in [6.07, 6.45) is 0. The van der Waals surface area contributed by atoms with E-state index in [1.165, 1.54) is 0 Å². The van der Waals surface area contributed by atoms with E-state index < -0.39 is 0 Å². The molecular formula is C10H14OS. The monoisotopic (exact) mass is 182 g/mol. The lowest BCUT2D eigenvalue weighted by molar-refractivity contribution is 0.265. The molecule has 0 radical (unpaired) electrons. The number of hydrogen-bond donors (Lipinski definition) is 1. The predicted molar refractivity (Wildman–Crippen MR) is 54.0 cm³/mol. The van der Waals surface area contributed by atoms with Gasteiger partial charge in [0.15, 0.2) is 0 Å². The van der Waals surface area contributed by atoms with Gasteiger partial charge in [-0.2, -0.15) is 0 Å². The summed E-state index contributed by atoms with van der Waals surface area (Å²) in [6, 6.07) is 7.77. The molecular weight excluding hydrogens is 168 g/mol. The van der Waals surface area contributed by atoms with Gasteiger partial charge in [-0.15, -0.1) is 12.6 Å². The zero-order valence-electron chi connectivity index (χ0n) is 7.45. The maximum absolute atomic E-state index is 5.52. The first-order chi connectivity index (χ1) is 5.70. The lowest BCUT2D eigenvalue weighted by Gasteiger charge is -2.09. The number of ether oxygens (including phenoxy) is 1. The molecule has 0 heterocycles. The van der Waals surface area contributed by atoms with Crippen molar-refractivity contribution >= 4 is 12.6 Å². The summed E-state index contributed by atoms with van der Waals surface area (Å²) in [5, 5.41) is 0. The second kappa shape index (κ2) is 4.41. The molecule has 0 saturated heterocycles. The SMILES string of the molecule is CC(C)COc1ccccc1S. The molecule has 0 N–H and O–H groups in total. The average Bonchev–Trinajstić information content (AvgIpc) is 2.03. The maximum atomic E-state index is 5.52. The van der Waals surface area contributed by atoms with Crippen molar-refractivity contribution in [1.82, 2.24) is 0 Å². The highest BCUT2D eigenvalue weighted by Crippen LogP contribution is 2.21. The Bertz CT molecular complexity index is 245. The molecule has 1 aromatic rings. The quantitative estimate of drug-likeness (QED) is 0.707. The van der Waals surface area contributed by atoms with Crippen molar-refractivity contribution in [2.75, 3.05) is 6.61 Å². The smallest absolute Gasteiger partial charge is 0.132 e. The van der Waals surface area contributed by atoms with Crippen LogP contribution in [0.2, 0.25) is 0 Å². The van der Waals surface area contributed by atoms with Crippen LogP contribution in [0.3, 0.4) is 0 Å². The predicted octanol–water partition coefficient (Wildman–Crippen LogP) is 3.01. The first-order valence-electron chi connectivity index (χ1n) is 4.11. The standard InChI is InChI=1S/C10H14OS/c1-8(2)7-11-9-5-3-4-6-10(9)12/h3-6,8,12H,7H2,1-2H3. The third kappa shape index (κ3) is 2.78. The van der Waals surface area contributed by atoms with Gasteiger partial charge in [-0.1, -0.05) is 26.0 Å². The summed E-state index contributed by atoms with van der Waals surface area (Å²) < 4.78 is 5.52. The van der Waals surface area contributed by atoms with Crippen LogP contribution in [0.15, 0.2) is 29.2 Å². The number of rotatable bonds is 3. The first kappa shape index (κ1) is 9.46. The molecule has 0 unspecified atom stereocenters. The largest absolute Gasteiger partial charge is 0.492 e. The second-order valence-corrected chi connectivity index (χ2v) is 3.65. The van der Waals surface area contributed by atoms with Gasteiger partial charge in [0.2, 0.25) is 0 Å². The molecule has 0 amide bonds. The zero-order chi connectivity index (χ0) is 8.97. The van der Waals surface area contributed by atoms with Crippen LogP contribution in [0.25, 0.3) is 0 Å². The van der Waals surface area contributed by atoms with Gasteiger partial charge in [0.1, 0.15) is 5.75 Å². The van der Waals surface area contributed by atoms with Crippen LogP contribution in [0.5, 0.6) is 5.75 Å². The lowest BCUT2D eigenvalue weighted by atomic mass is 10.2. The Morgan fingerprint density at radius 1 is 1.33 bits per heavy atom. The molecule has 0 bridgehead atoms. The van der Waals surface area contributed by atoms with Crippen LogP contribution in [0.1, 0.15) is 13.8 Å². The fraction of sp³-hybridized carbons (Fsp3) is 0.400. The van der Waals surface area contributed by atoms with Crippen LogP contribution in [0.4, 0.5) is 0 Å². The lowest BCUT2D eigenvalue weighted by Crippen LogP contribution is -2.04. The van der Waals surface area contributed by atoms with Crippen LogP contribution >= 0.6 is 12.6 Å². The summed E-state index contributed by atoms with van der Waals surface area (Å²) in [5.74, 6) is 1.42. The number of thiol groups is 1. The van der Waals surface area contributed by atoms with Gasteiger partial charge in [-0.3, -0.25) is 0 Å². The molecule has 2 heteroatoms. The van der Waals surface area contributed by atoms with Gasteiger partial charge < -0.3 is 4.74 Å². The highest BCUT2D eigenvalue weighted by molar-refractivity contribution is 7.80. The van der Waals surface area contributed by atoms with E-state index in [0.717, 1.165) is 17.3 Å². The fourth-order valence-electron chi connectivity index (χ4n) is 0.836. The van der Waals surface area contributed by atoms with E-state index in [1.54, 1.807) is 0 Å². The molecule has 0 saturated carbocycles. The van der Waals surface area contributed by atoms with Crippen molar-refractivity contribution < 1.29 is 4.74 Å². The first-order valence-corrected chi connectivity index (χ1v) is 4.55. The molecule has 66 valence electrons. The van der Waals surface area contributed by atoms with Crippen LogP contribution in [-0.2, 0) is 0 Å². The Labute approximate surface area is 79.2 Å². The molecule has 0 fully saturated rings. The van der Waals surface area contributed by atoms with Crippen LogP contribution in [-0.4, -0.2) is 6.61 Å². The Kier molecular flexibility index (Phi) is 3.48. The zero-order valence-corrected chi connectivity index (χ0v) is 8.34. The van der Waals surface area contributed by atoms with E-state index in [0.29, 0.717) is 5.92 Å². The molecule has 1 aromatic carbocycles. The summed E-state index contributed by atoms with van der Waals surface area (Å²) in [7, 11) is 0. The molecule has 0 aliphatic heterocycles. The van der Waals surface area contributed by atoms with E-state index in [2.05, 4.69) is 26.5 Å². The topological polar surface area (TPSA) is 9.23 Å². The molecule has 0 spiro atoms. The van der Waals surface area contributed by atoms with E-state index in [-0.39, 0.29) is 0 Å². The van der Waals surface area contributed by atoms with Crippen molar-refractivity contribution in [1.29, 1.82) is 0 Å². The van der Waals surface area contributed by atoms with E-state index >= 15 is 0 Å². The number of hydrogen-bond acceptors (Lipinski definition) is 2. The van der Waals surface area contributed by atoms with Gasteiger partial charge >= 0.3 is 0 Å². The third-order valence-electron chi connectivity index (χ3n) is 1.44. The normalized spacial score (nSPS) is 10.3. The van der Waals surface area contributed by atoms with E-state index in [1.807, 2.05) is 24.3 Å². The highest BCUT2D eigenvalue weighted by Gasteiger charge is 1.99. The van der Waals surface area contributed by atoms with E-state index in [9.17, 15) is 0 Å². The summed E-state index contributed by atoms with van der Waals surface area (Å²) in [5.41, 5.74) is 0. The van der Waals surface area contributed by atoms with Crippen LogP contribution in [0, 0.1) is 5.92 Å². The van der Waals surface area contributed by atoms with Gasteiger partial charge in [0.25, 0.3) is 0 Å². The highest BCUT2D eigenvalue weighted by atomic mass is 32.1. The van der Waals surface area contributed by atoms with Gasteiger partial charge in [0.05, 0.1) is 6.61 Å². The maximum Gasteiger partial charge on any atom is 0.132 e. The molecule has 1 rings (SSSR count). The van der Waals surface area contributed by atoms with Crippen molar-refractivity contribution in [3.05, 3.63) is 24.3 Å². The minimum absolute atomic E-state index is 0.554. The Balaban J connectivity index is 2.57. The molecule has 0 aliphatic rings. The summed E-state index contributed by atoms with van der Waals surface area (Å²) in [6.45, 7) is 5.00. The van der Waals surface area contributed by atoms with Gasteiger partial charge in [-0.25, -0.2) is 0 Å². The molecule has 12 heavy (non-hydrogen) atoms. The molecule has 0 aromatic heterocycles. The van der Waals surface area contributed by atoms with Crippen molar-refractivity contribution in [3.63, 3.8) is 0 Å². The Hall–Kier alpha value is -0.630.